The van der Waals surface area contributed by atoms with Crippen molar-refractivity contribution in [1.82, 2.24) is 0 Å². The van der Waals surface area contributed by atoms with Crippen LogP contribution >= 0.6 is 0 Å². The van der Waals surface area contributed by atoms with E-state index in [1.165, 1.54) is 64.2 Å². The zero-order valence-electron chi connectivity index (χ0n) is 13.0. The molecule has 0 atom stereocenters. The predicted molar refractivity (Wildman–Crippen MR) is 85.1 cm³/mol. The maximum absolute atomic E-state index is 10.00. The van der Waals surface area contributed by atoms with Crippen LogP contribution in [-0.4, -0.2) is 6.29 Å². The summed E-state index contributed by atoms with van der Waals surface area (Å²) < 4.78 is 0. The minimum Gasteiger partial charge on any atom is -0.291 e. The maximum atomic E-state index is 10.00. The lowest BCUT2D eigenvalue weighted by molar-refractivity contribution is 0.547. The molecule has 1 heteroatoms. The summed E-state index contributed by atoms with van der Waals surface area (Å²) in [5.74, 6) is 0. The number of allylic oxidation sites excluding steroid dienone is 2. The molecule has 0 amide bonds. The first-order valence-electron chi connectivity index (χ1n) is 8.41. The van der Waals surface area contributed by atoms with Crippen molar-refractivity contribution < 1.29 is 4.79 Å². The molecule has 0 aromatic heterocycles. The molecule has 0 heterocycles. The Labute approximate surface area is 120 Å². The third-order valence-corrected chi connectivity index (χ3v) is 3.54. The summed E-state index contributed by atoms with van der Waals surface area (Å²) in [5.41, 5.74) is 0. The third kappa shape index (κ3) is 17.4. The SMILES string of the molecule is CCCCCCCCCCC/C=C/CCCC[C]=O. The molecule has 111 valence electrons. The Morgan fingerprint density at radius 1 is 0.684 bits per heavy atom. The van der Waals surface area contributed by atoms with Crippen molar-refractivity contribution in [2.24, 2.45) is 0 Å². The van der Waals surface area contributed by atoms with Gasteiger partial charge in [0.05, 0.1) is 0 Å². The smallest absolute Gasteiger partial charge is 0.198 e. The van der Waals surface area contributed by atoms with Crippen molar-refractivity contribution in [3.05, 3.63) is 12.2 Å². The first-order chi connectivity index (χ1) is 9.41. The van der Waals surface area contributed by atoms with Crippen molar-refractivity contribution in [2.45, 2.75) is 96.8 Å². The van der Waals surface area contributed by atoms with Crippen LogP contribution in [0.3, 0.4) is 0 Å². The molecule has 0 bridgehead atoms. The molecule has 0 saturated carbocycles. The highest BCUT2D eigenvalue weighted by Crippen LogP contribution is 2.10. The molecule has 1 nitrogen and oxygen atoms in total. The van der Waals surface area contributed by atoms with E-state index in [1.54, 1.807) is 0 Å². The van der Waals surface area contributed by atoms with Gasteiger partial charge in [-0.1, -0.05) is 70.4 Å². The number of hydrogen-bond acceptors (Lipinski definition) is 1. The maximum Gasteiger partial charge on any atom is 0.198 e. The van der Waals surface area contributed by atoms with E-state index in [-0.39, 0.29) is 0 Å². The average Bonchev–Trinajstić information content (AvgIpc) is 2.43. The van der Waals surface area contributed by atoms with Crippen LogP contribution in [-0.2, 0) is 4.79 Å². The van der Waals surface area contributed by atoms with E-state index in [9.17, 15) is 4.79 Å². The second kappa shape index (κ2) is 17.4. The Balaban J connectivity index is 3.01. The van der Waals surface area contributed by atoms with Gasteiger partial charge in [0.25, 0.3) is 0 Å². The van der Waals surface area contributed by atoms with E-state index >= 15 is 0 Å². The Kier molecular flexibility index (Phi) is 16.9. The summed E-state index contributed by atoms with van der Waals surface area (Å²) in [6, 6.07) is 0. The molecule has 0 N–H and O–H groups in total. The van der Waals surface area contributed by atoms with E-state index in [1.807, 2.05) is 6.29 Å². The molecule has 0 aliphatic heterocycles. The minimum atomic E-state index is 0.603. The topological polar surface area (TPSA) is 17.1 Å². The molecule has 0 spiro atoms. The molecule has 0 rings (SSSR count). The molecule has 0 aromatic carbocycles. The molecule has 0 aliphatic rings. The van der Waals surface area contributed by atoms with E-state index < -0.39 is 0 Å². The van der Waals surface area contributed by atoms with Crippen LogP contribution in [0.5, 0.6) is 0 Å². The van der Waals surface area contributed by atoms with Crippen molar-refractivity contribution in [1.29, 1.82) is 0 Å². The van der Waals surface area contributed by atoms with Crippen LogP contribution in [0.1, 0.15) is 96.8 Å². The Bertz CT molecular complexity index is 196. The van der Waals surface area contributed by atoms with Crippen molar-refractivity contribution >= 4 is 6.29 Å². The Morgan fingerprint density at radius 2 is 1.16 bits per heavy atom. The molecular weight excluding hydrogens is 232 g/mol. The van der Waals surface area contributed by atoms with Gasteiger partial charge in [0.1, 0.15) is 0 Å². The first-order valence-corrected chi connectivity index (χ1v) is 8.41. The van der Waals surface area contributed by atoms with Crippen molar-refractivity contribution in [3.63, 3.8) is 0 Å². The molecule has 0 fully saturated rings. The summed E-state index contributed by atoms with van der Waals surface area (Å²) in [7, 11) is 0. The lowest BCUT2D eigenvalue weighted by Crippen LogP contribution is -1.81. The van der Waals surface area contributed by atoms with Crippen LogP contribution in [0.25, 0.3) is 0 Å². The van der Waals surface area contributed by atoms with Crippen LogP contribution in [0.15, 0.2) is 12.2 Å². The highest BCUT2D eigenvalue weighted by molar-refractivity contribution is 5.50. The molecule has 19 heavy (non-hydrogen) atoms. The summed E-state index contributed by atoms with van der Waals surface area (Å²) in [4.78, 5) is 10.00. The van der Waals surface area contributed by atoms with Crippen LogP contribution in [0.4, 0.5) is 0 Å². The van der Waals surface area contributed by atoms with Crippen LogP contribution < -0.4 is 0 Å². The van der Waals surface area contributed by atoms with Crippen LogP contribution in [0, 0.1) is 0 Å². The fourth-order valence-electron chi connectivity index (χ4n) is 2.27. The quantitative estimate of drug-likeness (QED) is 0.257. The van der Waals surface area contributed by atoms with Gasteiger partial charge in [-0.2, -0.15) is 0 Å². The summed E-state index contributed by atoms with van der Waals surface area (Å²) >= 11 is 0. The zero-order valence-corrected chi connectivity index (χ0v) is 13.0. The van der Waals surface area contributed by atoms with Gasteiger partial charge in [-0.15, -0.1) is 0 Å². The second-order valence-electron chi connectivity index (χ2n) is 5.48. The highest BCUT2D eigenvalue weighted by atomic mass is 16.1. The summed E-state index contributed by atoms with van der Waals surface area (Å²) in [6.45, 7) is 2.27. The van der Waals surface area contributed by atoms with Gasteiger partial charge < -0.3 is 0 Å². The van der Waals surface area contributed by atoms with Gasteiger partial charge in [-0.05, 0) is 32.1 Å². The third-order valence-electron chi connectivity index (χ3n) is 3.54. The number of hydrogen-bond donors (Lipinski definition) is 0. The Hall–Kier alpha value is -0.590. The molecule has 0 saturated heterocycles. The fourth-order valence-corrected chi connectivity index (χ4v) is 2.27. The van der Waals surface area contributed by atoms with Gasteiger partial charge in [-0.25, -0.2) is 0 Å². The largest absolute Gasteiger partial charge is 0.291 e. The number of rotatable bonds is 15. The second-order valence-corrected chi connectivity index (χ2v) is 5.48. The molecule has 0 aliphatic carbocycles. The van der Waals surface area contributed by atoms with E-state index in [2.05, 4.69) is 19.1 Å². The van der Waals surface area contributed by atoms with Gasteiger partial charge in [0.2, 0.25) is 0 Å². The first kappa shape index (κ1) is 18.4. The zero-order chi connectivity index (χ0) is 14.0. The van der Waals surface area contributed by atoms with Crippen molar-refractivity contribution in [3.8, 4) is 0 Å². The highest BCUT2D eigenvalue weighted by Gasteiger charge is 1.91. The summed E-state index contributed by atoms with van der Waals surface area (Å²) in [5, 5.41) is 0. The van der Waals surface area contributed by atoms with Crippen molar-refractivity contribution in [2.75, 3.05) is 0 Å². The number of carbonyl (C=O) groups excluding carboxylic acids is 1. The normalized spacial score (nSPS) is 11.2. The summed E-state index contributed by atoms with van der Waals surface area (Å²) in [6.07, 6.45) is 24.2. The molecule has 1 radical (unpaired) electrons. The fraction of sp³-hybridized carbons (Fsp3) is 0.833. The minimum absolute atomic E-state index is 0.603. The van der Waals surface area contributed by atoms with E-state index in [4.69, 9.17) is 0 Å². The van der Waals surface area contributed by atoms with Gasteiger partial charge in [0, 0.05) is 6.42 Å². The predicted octanol–water partition coefficient (Wildman–Crippen LogP) is 6.13. The molecule has 0 aromatic rings. The monoisotopic (exact) mass is 265 g/mol. The number of unbranched alkanes of at least 4 members (excludes halogenated alkanes) is 12. The lowest BCUT2D eigenvalue weighted by Gasteiger charge is -2.00. The van der Waals surface area contributed by atoms with E-state index in [0.29, 0.717) is 6.42 Å². The molecule has 0 unspecified atom stereocenters. The van der Waals surface area contributed by atoms with E-state index in [0.717, 1.165) is 19.3 Å². The lowest BCUT2D eigenvalue weighted by atomic mass is 10.1. The Morgan fingerprint density at radius 3 is 1.68 bits per heavy atom. The van der Waals surface area contributed by atoms with Gasteiger partial charge >= 0.3 is 0 Å². The standard InChI is InChI=1S/C18H33O/c1-2-3-4-5-6-7-8-9-10-11-12-13-14-15-16-17-18-19/h12-13H,2-11,14-17H2,1H3/b13-12+. The average molecular weight is 265 g/mol. The van der Waals surface area contributed by atoms with Crippen LogP contribution in [0.2, 0.25) is 0 Å². The van der Waals surface area contributed by atoms with Gasteiger partial charge in [0.15, 0.2) is 6.29 Å². The van der Waals surface area contributed by atoms with Gasteiger partial charge in [-0.3, -0.25) is 4.79 Å². The molecular formula is C18H33O.